The number of hydrogen-bond acceptors (Lipinski definition) is 3. The quantitative estimate of drug-likeness (QED) is 0.252. The van der Waals surface area contributed by atoms with Crippen molar-refractivity contribution in [3.8, 4) is 0 Å². The third-order valence-electron chi connectivity index (χ3n) is 4.47. The molecule has 0 amide bonds. The topological polar surface area (TPSA) is 42.5 Å². The first-order chi connectivity index (χ1) is 15.1. The molecule has 1 heterocycles. The monoisotopic (exact) mass is 523 g/mol. The van der Waals surface area contributed by atoms with Crippen LogP contribution < -0.4 is 14.6 Å². The number of aliphatic imine (C=N–C) groups is 1. The first-order valence-electron chi connectivity index (χ1n) is 9.34. The minimum Gasteiger partial charge on any atom is -0.868 e. The molecule has 0 spiro atoms. The Hall–Kier alpha value is -2.84. The highest BCUT2D eigenvalue weighted by Crippen LogP contribution is 2.30. The second-order valence-corrected chi connectivity index (χ2v) is 8.33. The van der Waals surface area contributed by atoms with Crippen LogP contribution in [-0.4, -0.2) is 26.0 Å². The van der Waals surface area contributed by atoms with Gasteiger partial charge in [0, 0.05) is 41.4 Å². The van der Waals surface area contributed by atoms with E-state index in [1.54, 1.807) is 43.3 Å². The molecule has 166 valence electrons. The maximum atomic E-state index is 14.2. The largest absolute Gasteiger partial charge is 0.868 e. The van der Waals surface area contributed by atoms with Crippen molar-refractivity contribution in [3.05, 3.63) is 88.1 Å². The molecule has 0 saturated carbocycles. The van der Waals surface area contributed by atoms with Crippen molar-refractivity contribution in [1.82, 2.24) is 0 Å². The molecule has 0 aliphatic heterocycles. The third kappa shape index (κ3) is 5.69. The molecule has 0 saturated heterocycles. The lowest BCUT2D eigenvalue weighted by atomic mass is 10.1. The van der Waals surface area contributed by atoms with Gasteiger partial charge in [0.2, 0.25) is 11.4 Å². The fourth-order valence-electron chi connectivity index (χ4n) is 2.85. The van der Waals surface area contributed by atoms with Gasteiger partial charge in [0.1, 0.15) is 0 Å². The molecule has 32 heavy (non-hydrogen) atoms. The van der Waals surface area contributed by atoms with E-state index in [0.29, 0.717) is 9.50 Å². The second-order valence-electron chi connectivity index (χ2n) is 6.98. The molecule has 4 nitrogen and oxygen atoms in total. The van der Waals surface area contributed by atoms with Gasteiger partial charge in [-0.1, -0.05) is 39.7 Å². The predicted molar refractivity (Wildman–Crippen MR) is 123 cm³/mol. The van der Waals surface area contributed by atoms with Gasteiger partial charge >= 0.3 is 6.18 Å². The van der Waals surface area contributed by atoms with Crippen molar-refractivity contribution in [2.45, 2.75) is 6.18 Å². The number of allylic oxidation sites excluding steroid dienone is 1. The smallest absolute Gasteiger partial charge is 0.440 e. The van der Waals surface area contributed by atoms with E-state index in [1.165, 1.54) is 48.8 Å². The van der Waals surface area contributed by atoms with Crippen molar-refractivity contribution in [2.75, 3.05) is 19.0 Å². The van der Waals surface area contributed by atoms with Gasteiger partial charge in [-0.3, -0.25) is 0 Å². The minimum absolute atomic E-state index is 0.0216. The number of pyridine rings is 1. The van der Waals surface area contributed by atoms with Crippen molar-refractivity contribution in [1.29, 1.82) is 0 Å². The molecule has 9 heteroatoms. The van der Waals surface area contributed by atoms with Crippen LogP contribution in [0.4, 0.5) is 24.5 Å². The van der Waals surface area contributed by atoms with Crippen LogP contribution in [0.2, 0.25) is 5.02 Å². The van der Waals surface area contributed by atoms with Gasteiger partial charge in [-0.25, -0.2) is 4.99 Å². The number of halogens is 5. The summed E-state index contributed by atoms with van der Waals surface area (Å²) >= 11 is 9.10. The fourth-order valence-corrected chi connectivity index (χ4v) is 3.24. The van der Waals surface area contributed by atoms with Crippen LogP contribution in [0.3, 0.4) is 0 Å². The minimum atomic E-state index is -4.90. The zero-order chi connectivity index (χ0) is 23.5. The van der Waals surface area contributed by atoms with Crippen LogP contribution in [0.1, 0.15) is 5.56 Å². The van der Waals surface area contributed by atoms with E-state index < -0.39 is 23.3 Å². The summed E-state index contributed by atoms with van der Waals surface area (Å²) in [6, 6.07) is 14.9. The van der Waals surface area contributed by atoms with Gasteiger partial charge in [0.25, 0.3) is 0 Å². The van der Waals surface area contributed by atoms with Crippen LogP contribution in [0, 0.1) is 0 Å². The Morgan fingerprint density at radius 2 is 1.53 bits per heavy atom. The van der Waals surface area contributed by atoms with E-state index in [4.69, 9.17) is 11.6 Å². The van der Waals surface area contributed by atoms with Crippen LogP contribution in [0.25, 0.3) is 11.5 Å². The summed E-state index contributed by atoms with van der Waals surface area (Å²) in [7, 11) is 3.61. The molecule has 1 aromatic heterocycles. The zero-order valence-corrected chi connectivity index (χ0v) is 19.4. The Bertz CT molecular complexity index is 1140. The summed E-state index contributed by atoms with van der Waals surface area (Å²) in [4.78, 5) is 5.60. The summed E-state index contributed by atoms with van der Waals surface area (Å²) in [6.07, 6.45) is -2.08. The molecule has 3 aromatic rings. The molecule has 0 aliphatic rings. The standard InChI is InChI=1S/C23H18BrClF3N3O/c1-30(2)19-11-13-31(14-12-19)20(21(32)15-3-5-16(24)6-4-15)22(23(26,27)28)29-18-9-7-17(25)8-10-18/h3-14H,1-2H3. The molecule has 0 atom stereocenters. The molecule has 0 fully saturated rings. The summed E-state index contributed by atoms with van der Waals surface area (Å²) in [6.45, 7) is 0. The average Bonchev–Trinajstić information content (AvgIpc) is 2.74. The van der Waals surface area contributed by atoms with Gasteiger partial charge < -0.3 is 10.0 Å². The van der Waals surface area contributed by atoms with Gasteiger partial charge in [-0.15, -0.1) is 0 Å². The molecule has 3 rings (SSSR count). The molecule has 0 unspecified atom stereocenters. The van der Waals surface area contributed by atoms with Crippen molar-refractivity contribution >= 4 is 56.1 Å². The van der Waals surface area contributed by atoms with Gasteiger partial charge in [-0.05, 0) is 47.7 Å². The Labute approximate surface area is 197 Å². The molecule has 0 N–H and O–H groups in total. The highest BCUT2D eigenvalue weighted by Gasteiger charge is 2.43. The molecule has 2 aromatic carbocycles. The average molecular weight is 525 g/mol. The van der Waals surface area contributed by atoms with E-state index in [-0.39, 0.29) is 11.3 Å². The van der Waals surface area contributed by atoms with E-state index in [2.05, 4.69) is 20.9 Å². The normalized spacial score (nSPS) is 13.0. The number of rotatable bonds is 5. The molecule has 0 aliphatic carbocycles. The summed E-state index contributed by atoms with van der Waals surface area (Å²) in [5.41, 5.74) is -1.04. The Morgan fingerprint density at radius 1 is 0.969 bits per heavy atom. The van der Waals surface area contributed by atoms with E-state index in [0.717, 1.165) is 10.3 Å². The number of benzene rings is 2. The van der Waals surface area contributed by atoms with Crippen LogP contribution in [0.5, 0.6) is 0 Å². The third-order valence-corrected chi connectivity index (χ3v) is 5.25. The summed E-state index contributed by atoms with van der Waals surface area (Å²) in [5.74, 6) is -0.815. The van der Waals surface area contributed by atoms with Crippen LogP contribution >= 0.6 is 27.5 Å². The highest BCUT2D eigenvalue weighted by atomic mass is 79.9. The maximum absolute atomic E-state index is 14.2. The lowest BCUT2D eigenvalue weighted by Crippen LogP contribution is -2.43. The lowest BCUT2D eigenvalue weighted by molar-refractivity contribution is -0.578. The van der Waals surface area contributed by atoms with Gasteiger partial charge in [-0.2, -0.15) is 17.7 Å². The van der Waals surface area contributed by atoms with Crippen LogP contribution in [0.15, 0.2) is 82.5 Å². The van der Waals surface area contributed by atoms with Gasteiger partial charge in [0.05, 0.1) is 5.69 Å². The SMILES string of the molecule is CN(C)c1cc[n+](/C(C(=Nc2ccc(Cl)cc2)C(F)(F)F)=C(/[O-])c2ccc(Br)cc2)cc1. The first kappa shape index (κ1) is 23.8. The molecule has 0 radical (unpaired) electrons. The molecular weight excluding hydrogens is 507 g/mol. The zero-order valence-electron chi connectivity index (χ0n) is 17.1. The van der Waals surface area contributed by atoms with Gasteiger partial charge in [0.15, 0.2) is 12.4 Å². The number of anilines is 1. The lowest BCUT2D eigenvalue weighted by Gasteiger charge is -2.19. The fraction of sp³-hybridized carbons (Fsp3) is 0.130. The van der Waals surface area contributed by atoms with E-state index in [9.17, 15) is 18.3 Å². The molecule has 0 bridgehead atoms. The number of aromatic nitrogens is 1. The van der Waals surface area contributed by atoms with Crippen LogP contribution in [-0.2, 0) is 0 Å². The first-order valence-corrected chi connectivity index (χ1v) is 10.5. The number of alkyl halides is 3. The number of nitrogens with zero attached hydrogens (tertiary/aromatic N) is 3. The predicted octanol–water partition coefficient (Wildman–Crippen LogP) is 5.48. The van der Waals surface area contributed by atoms with Crippen molar-refractivity contribution in [3.63, 3.8) is 0 Å². The van der Waals surface area contributed by atoms with E-state index in [1.807, 2.05) is 0 Å². The van der Waals surface area contributed by atoms with Crippen molar-refractivity contribution in [2.24, 2.45) is 4.99 Å². The van der Waals surface area contributed by atoms with Crippen molar-refractivity contribution < 1.29 is 22.8 Å². The van der Waals surface area contributed by atoms with E-state index >= 15 is 0 Å². The summed E-state index contributed by atoms with van der Waals surface area (Å²) < 4.78 is 44.5. The number of hydrogen-bond donors (Lipinski definition) is 0. The Balaban J connectivity index is 2.28. The Morgan fingerprint density at radius 3 is 2.03 bits per heavy atom. The summed E-state index contributed by atoms with van der Waals surface area (Å²) in [5, 5.41) is 13.7. The maximum Gasteiger partial charge on any atom is 0.440 e. The highest BCUT2D eigenvalue weighted by molar-refractivity contribution is 9.10. The molecular formula is C23H18BrClF3N3O. The Kier molecular flexibility index (Phi) is 7.26. The second kappa shape index (κ2) is 9.75.